The molecule has 0 radical (unpaired) electrons. The molecule has 0 saturated heterocycles. The van der Waals surface area contributed by atoms with Crippen LogP contribution in [0.2, 0.25) is 0 Å². The molecule has 54 valence electrons. The van der Waals surface area contributed by atoms with Gasteiger partial charge >= 0.3 is 0 Å². The van der Waals surface area contributed by atoms with Gasteiger partial charge in [0.25, 0.3) is 6.47 Å². The van der Waals surface area contributed by atoms with Crippen molar-refractivity contribution >= 4 is 6.47 Å². The third-order valence-corrected chi connectivity index (χ3v) is 0.910. The fourth-order valence-corrected chi connectivity index (χ4v) is 0.652. The van der Waals surface area contributed by atoms with E-state index in [1.165, 1.54) is 0 Å². The van der Waals surface area contributed by atoms with Gasteiger partial charge in [0.05, 0.1) is 0 Å². The quantitative estimate of drug-likeness (QED) is 0.507. The Labute approximate surface area is 55.6 Å². The van der Waals surface area contributed by atoms with Gasteiger partial charge in [-0.2, -0.15) is 0 Å². The Kier molecular flexibility index (Phi) is 4.05. The zero-order valence-electron chi connectivity index (χ0n) is 6.13. The first-order valence-electron chi connectivity index (χ1n) is 2.90. The summed E-state index contributed by atoms with van der Waals surface area (Å²) in [5.74, 6) is 0. The fraction of sp³-hybridized carbons (Fsp3) is 0.833. The van der Waals surface area contributed by atoms with Gasteiger partial charge < -0.3 is 9.64 Å². The Balaban J connectivity index is 3.25. The molecule has 0 aromatic rings. The maximum atomic E-state index is 9.76. The smallest absolute Gasteiger partial charge is 0.293 e. The lowest BCUT2D eigenvalue weighted by atomic mass is 10.4. The van der Waals surface area contributed by atoms with Gasteiger partial charge in [0.2, 0.25) is 0 Å². The predicted octanol–water partition coefficient (Wildman–Crippen LogP) is 0.109. The highest BCUT2D eigenvalue weighted by molar-refractivity contribution is 5.37. The molecule has 0 saturated carbocycles. The van der Waals surface area contributed by atoms with E-state index in [2.05, 4.69) is 4.74 Å². The van der Waals surface area contributed by atoms with Crippen LogP contribution >= 0.6 is 0 Å². The molecule has 0 spiro atoms. The lowest BCUT2D eigenvalue weighted by molar-refractivity contribution is -0.133. The van der Waals surface area contributed by atoms with Crippen LogP contribution in [0.15, 0.2) is 0 Å². The van der Waals surface area contributed by atoms with E-state index in [0.29, 0.717) is 6.47 Å². The van der Waals surface area contributed by atoms with Crippen molar-refractivity contribution in [2.24, 2.45) is 0 Å². The van der Waals surface area contributed by atoms with Crippen molar-refractivity contribution in [1.29, 1.82) is 0 Å². The third kappa shape index (κ3) is 5.30. The van der Waals surface area contributed by atoms with Crippen LogP contribution in [0, 0.1) is 0 Å². The first-order valence-corrected chi connectivity index (χ1v) is 2.90. The Bertz CT molecular complexity index is 83.1. The molecule has 0 aliphatic carbocycles. The summed E-state index contributed by atoms with van der Waals surface area (Å²) in [6, 6.07) is 0. The van der Waals surface area contributed by atoms with E-state index in [0.717, 1.165) is 6.54 Å². The minimum absolute atomic E-state index is 0.00231. The van der Waals surface area contributed by atoms with E-state index in [1.54, 1.807) is 0 Å². The molecule has 1 atom stereocenters. The van der Waals surface area contributed by atoms with Gasteiger partial charge in [-0.3, -0.25) is 4.79 Å². The normalized spacial score (nSPS) is 13.3. The molecule has 9 heavy (non-hydrogen) atoms. The van der Waals surface area contributed by atoms with E-state index in [4.69, 9.17) is 0 Å². The molecule has 0 bridgehead atoms. The third-order valence-electron chi connectivity index (χ3n) is 0.910. The van der Waals surface area contributed by atoms with E-state index >= 15 is 0 Å². The molecule has 0 aromatic heterocycles. The van der Waals surface area contributed by atoms with Gasteiger partial charge in [-0.05, 0) is 21.0 Å². The summed E-state index contributed by atoms with van der Waals surface area (Å²) < 4.78 is 4.63. The van der Waals surface area contributed by atoms with Crippen molar-refractivity contribution < 1.29 is 9.53 Å². The minimum atomic E-state index is -0.00231. The van der Waals surface area contributed by atoms with Crippen LogP contribution in [0.3, 0.4) is 0 Å². The lowest BCUT2D eigenvalue weighted by Crippen LogP contribution is -2.25. The highest BCUT2D eigenvalue weighted by Crippen LogP contribution is 1.88. The van der Waals surface area contributed by atoms with Crippen LogP contribution in [0.4, 0.5) is 0 Å². The molecule has 0 N–H and O–H groups in total. The molecule has 1 unspecified atom stereocenters. The number of hydrogen-bond acceptors (Lipinski definition) is 3. The second-order valence-corrected chi connectivity index (χ2v) is 2.31. The Hall–Kier alpha value is -0.570. The number of carbonyl (C=O) groups excluding carboxylic acids is 1. The average Bonchev–Trinajstić information content (AvgIpc) is 1.63. The summed E-state index contributed by atoms with van der Waals surface area (Å²) in [5.41, 5.74) is 0. The first-order chi connectivity index (χ1) is 4.16. The topological polar surface area (TPSA) is 29.5 Å². The van der Waals surface area contributed by atoms with Crippen molar-refractivity contribution in [3.63, 3.8) is 0 Å². The van der Waals surface area contributed by atoms with E-state index in [1.807, 2.05) is 25.9 Å². The van der Waals surface area contributed by atoms with Crippen LogP contribution < -0.4 is 0 Å². The maximum absolute atomic E-state index is 9.76. The van der Waals surface area contributed by atoms with Gasteiger partial charge in [0.1, 0.15) is 6.10 Å². The van der Waals surface area contributed by atoms with Gasteiger partial charge in [0.15, 0.2) is 0 Å². The second kappa shape index (κ2) is 4.32. The molecule has 3 nitrogen and oxygen atoms in total. The first kappa shape index (κ1) is 8.43. The molecular formula is C6H13NO2. The van der Waals surface area contributed by atoms with Crippen molar-refractivity contribution in [2.45, 2.75) is 13.0 Å². The molecule has 3 heteroatoms. The summed E-state index contributed by atoms with van der Waals surface area (Å²) >= 11 is 0. The van der Waals surface area contributed by atoms with Crippen LogP contribution in [-0.2, 0) is 9.53 Å². The Morgan fingerprint density at radius 3 is 2.56 bits per heavy atom. The standard InChI is InChI=1S/C6H13NO2/c1-6(9-5-8)4-7(2)3/h5-6H,4H2,1-3H3. The minimum Gasteiger partial charge on any atom is -0.464 e. The molecule has 0 rings (SSSR count). The molecule has 0 aromatic carbocycles. The molecular weight excluding hydrogens is 118 g/mol. The number of carbonyl (C=O) groups is 1. The van der Waals surface area contributed by atoms with Crippen molar-refractivity contribution in [3.05, 3.63) is 0 Å². The fourth-order valence-electron chi connectivity index (χ4n) is 0.652. The van der Waals surface area contributed by atoms with Gasteiger partial charge in [-0.15, -0.1) is 0 Å². The van der Waals surface area contributed by atoms with Gasteiger partial charge in [0, 0.05) is 6.54 Å². The molecule has 0 aliphatic rings. The maximum Gasteiger partial charge on any atom is 0.293 e. The SMILES string of the molecule is CC(CN(C)C)OC=O. The monoisotopic (exact) mass is 131 g/mol. The lowest BCUT2D eigenvalue weighted by Gasteiger charge is -2.14. The Morgan fingerprint density at radius 1 is 1.67 bits per heavy atom. The molecule has 0 amide bonds. The number of rotatable bonds is 4. The van der Waals surface area contributed by atoms with Crippen LogP contribution in [0.5, 0.6) is 0 Å². The zero-order chi connectivity index (χ0) is 7.28. The largest absolute Gasteiger partial charge is 0.464 e. The number of ether oxygens (including phenoxy) is 1. The highest BCUT2D eigenvalue weighted by Gasteiger charge is 2.00. The average molecular weight is 131 g/mol. The van der Waals surface area contributed by atoms with Crippen LogP contribution in [-0.4, -0.2) is 38.1 Å². The number of likely N-dealkylation sites (N-methyl/N-ethyl adjacent to an activating group) is 1. The highest BCUT2D eigenvalue weighted by atomic mass is 16.5. The van der Waals surface area contributed by atoms with Gasteiger partial charge in [-0.1, -0.05) is 0 Å². The second-order valence-electron chi connectivity index (χ2n) is 2.31. The van der Waals surface area contributed by atoms with Gasteiger partial charge in [-0.25, -0.2) is 0 Å². The van der Waals surface area contributed by atoms with E-state index < -0.39 is 0 Å². The predicted molar refractivity (Wildman–Crippen MR) is 35.2 cm³/mol. The van der Waals surface area contributed by atoms with Crippen molar-refractivity contribution in [2.75, 3.05) is 20.6 Å². The molecule has 0 aliphatic heterocycles. The number of hydrogen-bond donors (Lipinski definition) is 0. The van der Waals surface area contributed by atoms with Crippen LogP contribution in [0.1, 0.15) is 6.92 Å². The summed E-state index contributed by atoms with van der Waals surface area (Å²) in [7, 11) is 3.87. The Morgan fingerprint density at radius 2 is 2.22 bits per heavy atom. The summed E-state index contributed by atoms with van der Waals surface area (Å²) in [5, 5.41) is 0. The van der Waals surface area contributed by atoms with E-state index in [-0.39, 0.29) is 6.10 Å². The summed E-state index contributed by atoms with van der Waals surface area (Å²) in [6.45, 7) is 3.11. The summed E-state index contributed by atoms with van der Waals surface area (Å²) in [4.78, 5) is 11.7. The van der Waals surface area contributed by atoms with Crippen LogP contribution in [0.25, 0.3) is 0 Å². The van der Waals surface area contributed by atoms with E-state index in [9.17, 15) is 4.79 Å². The molecule has 0 fully saturated rings. The number of nitrogens with zero attached hydrogens (tertiary/aromatic N) is 1. The zero-order valence-corrected chi connectivity index (χ0v) is 6.13. The summed E-state index contributed by atoms with van der Waals surface area (Å²) in [6.07, 6.45) is -0.00231. The molecule has 0 heterocycles. The van der Waals surface area contributed by atoms with Crippen molar-refractivity contribution in [3.8, 4) is 0 Å². The van der Waals surface area contributed by atoms with Crippen molar-refractivity contribution in [1.82, 2.24) is 4.90 Å².